The van der Waals surface area contributed by atoms with Crippen molar-refractivity contribution in [3.63, 3.8) is 0 Å². The number of nitrogens with one attached hydrogen (secondary N) is 1. The number of hydrogen-bond acceptors (Lipinski definition) is 6. The Balaban J connectivity index is 1.61. The Morgan fingerprint density at radius 2 is 2.00 bits per heavy atom. The molecule has 1 aromatic heterocycles. The van der Waals surface area contributed by atoms with Crippen molar-refractivity contribution in [2.75, 3.05) is 26.8 Å². The van der Waals surface area contributed by atoms with Gasteiger partial charge in [0.15, 0.2) is 5.82 Å². The molecule has 156 valence electrons. The quantitative estimate of drug-likeness (QED) is 0.751. The van der Waals surface area contributed by atoms with E-state index in [4.69, 9.17) is 9.47 Å². The summed E-state index contributed by atoms with van der Waals surface area (Å²) in [5.74, 6) is 0.967. The number of aromatic nitrogens is 3. The second-order valence-electron chi connectivity index (χ2n) is 7.12. The van der Waals surface area contributed by atoms with Gasteiger partial charge in [-0.25, -0.2) is 0 Å². The Labute approximate surface area is 170 Å². The average molecular weight is 401 g/mol. The number of amides is 2. The number of benzene rings is 1. The largest absolute Gasteiger partial charge is 0.489 e. The van der Waals surface area contributed by atoms with E-state index < -0.39 is 0 Å². The molecule has 1 unspecified atom stereocenters. The van der Waals surface area contributed by atoms with E-state index >= 15 is 0 Å². The van der Waals surface area contributed by atoms with Crippen LogP contribution in [0, 0.1) is 0 Å². The van der Waals surface area contributed by atoms with Crippen LogP contribution < -0.4 is 10.1 Å². The highest BCUT2D eigenvalue weighted by Gasteiger charge is 2.25. The number of rotatable bonds is 7. The maximum atomic E-state index is 12.8. The van der Waals surface area contributed by atoms with E-state index in [9.17, 15) is 9.59 Å². The van der Waals surface area contributed by atoms with Crippen LogP contribution in [0.25, 0.3) is 0 Å². The summed E-state index contributed by atoms with van der Waals surface area (Å²) in [6.07, 6.45) is 2.96. The lowest BCUT2D eigenvalue weighted by molar-refractivity contribution is -0.136. The zero-order valence-electron chi connectivity index (χ0n) is 17.0. The number of hydrogen-bond donors (Lipinski definition) is 1. The Morgan fingerprint density at radius 1 is 1.28 bits per heavy atom. The van der Waals surface area contributed by atoms with Crippen LogP contribution in [0.5, 0.6) is 5.75 Å². The van der Waals surface area contributed by atoms with Gasteiger partial charge >= 0.3 is 0 Å². The maximum absolute atomic E-state index is 12.8. The average Bonchev–Trinajstić information content (AvgIpc) is 3.15. The SMILES string of the molecule is COCC(=O)N1CCC(Oc2ccccc2C(=O)NC(C)c2nncn2C)CC1. The van der Waals surface area contributed by atoms with Gasteiger partial charge in [0.25, 0.3) is 5.91 Å². The summed E-state index contributed by atoms with van der Waals surface area (Å²) >= 11 is 0. The van der Waals surface area contributed by atoms with Gasteiger partial charge in [0.2, 0.25) is 5.91 Å². The third kappa shape index (κ3) is 5.11. The number of aryl methyl sites for hydroxylation is 1. The molecule has 2 heterocycles. The van der Waals surface area contributed by atoms with E-state index in [2.05, 4.69) is 15.5 Å². The molecule has 3 rings (SSSR count). The lowest BCUT2D eigenvalue weighted by Crippen LogP contribution is -2.43. The molecule has 9 heteroatoms. The van der Waals surface area contributed by atoms with Crippen LogP contribution in [0.1, 0.15) is 42.0 Å². The molecule has 2 amide bonds. The standard InChI is InChI=1S/C20H27N5O4/c1-14(19-23-21-13-24(19)2)22-20(27)16-6-4-5-7-17(16)29-15-8-10-25(11-9-15)18(26)12-28-3/h4-7,13-15H,8-12H2,1-3H3,(H,22,27). The topological polar surface area (TPSA) is 98.6 Å². The molecule has 2 aromatic rings. The monoisotopic (exact) mass is 401 g/mol. The van der Waals surface area contributed by atoms with Gasteiger partial charge in [0.05, 0.1) is 11.6 Å². The highest BCUT2D eigenvalue weighted by molar-refractivity contribution is 5.97. The number of carbonyl (C=O) groups is 2. The first-order valence-electron chi connectivity index (χ1n) is 9.66. The minimum atomic E-state index is -0.293. The Bertz CT molecular complexity index is 845. The maximum Gasteiger partial charge on any atom is 0.255 e. The molecular weight excluding hydrogens is 374 g/mol. The predicted octanol–water partition coefficient (Wildman–Crippen LogP) is 1.32. The first-order chi connectivity index (χ1) is 14.0. The van der Waals surface area contributed by atoms with Gasteiger partial charge in [0, 0.05) is 40.1 Å². The van der Waals surface area contributed by atoms with E-state index in [1.807, 2.05) is 20.0 Å². The summed E-state index contributed by atoms with van der Waals surface area (Å²) in [6, 6.07) is 6.89. The smallest absolute Gasteiger partial charge is 0.255 e. The lowest BCUT2D eigenvalue weighted by atomic mass is 10.1. The molecule has 1 N–H and O–H groups in total. The van der Waals surface area contributed by atoms with Crippen molar-refractivity contribution >= 4 is 11.8 Å². The Morgan fingerprint density at radius 3 is 2.66 bits per heavy atom. The normalized spacial score (nSPS) is 15.8. The molecule has 1 aliphatic rings. The third-order valence-electron chi connectivity index (χ3n) is 4.97. The summed E-state index contributed by atoms with van der Waals surface area (Å²) in [7, 11) is 3.35. The Kier molecular flexibility index (Phi) is 6.82. The molecule has 0 radical (unpaired) electrons. The Hall–Kier alpha value is -2.94. The molecule has 0 spiro atoms. The molecule has 0 bridgehead atoms. The molecule has 29 heavy (non-hydrogen) atoms. The lowest BCUT2D eigenvalue weighted by Gasteiger charge is -2.32. The number of methoxy groups -OCH3 is 1. The molecule has 1 aliphatic heterocycles. The zero-order valence-corrected chi connectivity index (χ0v) is 17.0. The van der Waals surface area contributed by atoms with E-state index in [0.717, 1.165) is 0 Å². The first kappa shape index (κ1) is 20.8. The zero-order chi connectivity index (χ0) is 20.8. The summed E-state index contributed by atoms with van der Waals surface area (Å²) in [5, 5.41) is 10.8. The van der Waals surface area contributed by atoms with Crippen molar-refractivity contribution in [1.82, 2.24) is 25.0 Å². The highest BCUT2D eigenvalue weighted by Crippen LogP contribution is 2.24. The second kappa shape index (κ2) is 9.51. The molecule has 1 aromatic carbocycles. The van der Waals surface area contributed by atoms with Gasteiger partial charge in [-0.15, -0.1) is 10.2 Å². The number of piperidine rings is 1. The summed E-state index contributed by atoms with van der Waals surface area (Å²) in [6.45, 7) is 3.19. The molecule has 1 fully saturated rings. The first-order valence-corrected chi connectivity index (χ1v) is 9.66. The van der Waals surface area contributed by atoms with Gasteiger partial charge < -0.3 is 24.3 Å². The van der Waals surface area contributed by atoms with Crippen molar-refractivity contribution in [2.45, 2.75) is 31.9 Å². The number of ether oxygens (including phenoxy) is 2. The van der Waals surface area contributed by atoms with Gasteiger partial charge in [-0.05, 0) is 19.1 Å². The van der Waals surface area contributed by atoms with Crippen LogP contribution in [0.2, 0.25) is 0 Å². The van der Waals surface area contributed by atoms with Crippen LogP contribution in [0.3, 0.4) is 0 Å². The van der Waals surface area contributed by atoms with Gasteiger partial charge in [0.1, 0.15) is 24.8 Å². The molecule has 1 saturated heterocycles. The molecule has 0 aliphatic carbocycles. The molecule has 9 nitrogen and oxygen atoms in total. The van der Waals surface area contributed by atoms with E-state index in [1.54, 1.807) is 34.0 Å². The highest BCUT2D eigenvalue weighted by atomic mass is 16.5. The fourth-order valence-electron chi connectivity index (χ4n) is 3.40. The number of nitrogens with zero attached hydrogens (tertiary/aromatic N) is 4. The van der Waals surface area contributed by atoms with Gasteiger partial charge in [-0.2, -0.15) is 0 Å². The van der Waals surface area contributed by atoms with Crippen molar-refractivity contribution in [1.29, 1.82) is 0 Å². The summed E-state index contributed by atoms with van der Waals surface area (Å²) in [5.41, 5.74) is 0.472. The minimum Gasteiger partial charge on any atom is -0.489 e. The fraction of sp³-hybridized carbons (Fsp3) is 0.500. The van der Waals surface area contributed by atoms with E-state index in [0.29, 0.717) is 43.1 Å². The van der Waals surface area contributed by atoms with E-state index in [1.165, 1.54) is 7.11 Å². The van der Waals surface area contributed by atoms with E-state index in [-0.39, 0.29) is 30.6 Å². The minimum absolute atomic E-state index is 0.0107. The van der Waals surface area contributed by atoms with Gasteiger partial charge in [-0.3, -0.25) is 9.59 Å². The van der Waals surface area contributed by atoms with Crippen LogP contribution in [0.15, 0.2) is 30.6 Å². The predicted molar refractivity (Wildman–Crippen MR) is 105 cm³/mol. The van der Waals surface area contributed by atoms with Crippen molar-refractivity contribution in [3.05, 3.63) is 42.0 Å². The van der Waals surface area contributed by atoms with Crippen LogP contribution in [0.4, 0.5) is 0 Å². The molecule has 1 atom stereocenters. The number of likely N-dealkylation sites (tertiary alicyclic amines) is 1. The van der Waals surface area contributed by atoms with Crippen molar-refractivity contribution in [3.8, 4) is 5.75 Å². The van der Waals surface area contributed by atoms with Crippen molar-refractivity contribution in [2.24, 2.45) is 7.05 Å². The fourth-order valence-corrected chi connectivity index (χ4v) is 3.40. The molecular formula is C20H27N5O4. The van der Waals surface area contributed by atoms with Crippen LogP contribution in [-0.2, 0) is 16.6 Å². The second-order valence-corrected chi connectivity index (χ2v) is 7.12. The van der Waals surface area contributed by atoms with Crippen LogP contribution >= 0.6 is 0 Å². The molecule has 0 saturated carbocycles. The van der Waals surface area contributed by atoms with Gasteiger partial charge in [-0.1, -0.05) is 12.1 Å². The summed E-state index contributed by atoms with van der Waals surface area (Å²) < 4.78 is 12.8. The number of carbonyl (C=O) groups excluding carboxylic acids is 2. The van der Waals surface area contributed by atoms with Crippen LogP contribution in [-0.4, -0.2) is 64.4 Å². The summed E-state index contributed by atoms with van der Waals surface area (Å²) in [4.78, 5) is 26.5. The third-order valence-corrected chi connectivity index (χ3v) is 4.97. The number of para-hydroxylation sites is 1. The van der Waals surface area contributed by atoms with Crippen molar-refractivity contribution < 1.29 is 19.1 Å².